The maximum Gasteiger partial charge on any atom is 0.276 e. The zero-order chi connectivity index (χ0) is 15.1. The fourth-order valence-corrected chi connectivity index (χ4v) is 3.20. The Labute approximate surface area is 128 Å². The van der Waals surface area contributed by atoms with Gasteiger partial charge in [0, 0.05) is 31.6 Å². The van der Waals surface area contributed by atoms with Crippen molar-refractivity contribution in [2.45, 2.75) is 31.3 Å². The number of rotatable bonds is 2. The van der Waals surface area contributed by atoms with E-state index in [1.54, 1.807) is 11.0 Å². The number of aromatic nitrogens is 1. The third-order valence-electron chi connectivity index (χ3n) is 4.64. The Morgan fingerprint density at radius 1 is 1.36 bits per heavy atom. The molecule has 2 aliphatic heterocycles. The Balaban J connectivity index is 1.46. The van der Waals surface area contributed by atoms with Crippen LogP contribution in [-0.2, 0) is 9.53 Å². The monoisotopic (exact) mass is 305 g/mol. The van der Waals surface area contributed by atoms with Crippen LogP contribution in [0.1, 0.15) is 41.4 Å². The van der Waals surface area contributed by atoms with Crippen molar-refractivity contribution in [1.29, 1.82) is 0 Å². The normalized spacial score (nSPS) is 28.7. The molecule has 0 bridgehead atoms. The van der Waals surface area contributed by atoms with Crippen LogP contribution in [0.4, 0.5) is 0 Å². The molecule has 3 heterocycles. The Morgan fingerprint density at radius 2 is 2.23 bits per heavy atom. The molecule has 0 spiro atoms. The third kappa shape index (κ3) is 2.49. The predicted octanol–water partition coefficient (Wildman–Crippen LogP) is 0.529. The first-order chi connectivity index (χ1) is 10.7. The molecule has 1 N–H and O–H groups in total. The summed E-state index contributed by atoms with van der Waals surface area (Å²) in [5.41, 5.74) is 0.360. The van der Waals surface area contributed by atoms with Crippen LogP contribution < -0.4 is 5.32 Å². The van der Waals surface area contributed by atoms with Gasteiger partial charge in [-0.25, -0.2) is 0 Å². The van der Waals surface area contributed by atoms with Crippen LogP contribution in [0.3, 0.4) is 0 Å². The van der Waals surface area contributed by atoms with E-state index >= 15 is 0 Å². The number of carbonyl (C=O) groups is 2. The largest absolute Gasteiger partial charge is 0.374 e. The first kappa shape index (κ1) is 13.8. The quantitative estimate of drug-likeness (QED) is 0.861. The first-order valence-electron chi connectivity index (χ1n) is 7.87. The number of fused-ring (bicyclic) bond motifs is 1. The summed E-state index contributed by atoms with van der Waals surface area (Å²) in [6.45, 7) is 2.00. The molecule has 1 aromatic heterocycles. The molecule has 0 aromatic carbocycles. The lowest BCUT2D eigenvalue weighted by Gasteiger charge is -2.35. The van der Waals surface area contributed by atoms with Gasteiger partial charge >= 0.3 is 0 Å². The van der Waals surface area contributed by atoms with Gasteiger partial charge in [-0.3, -0.25) is 9.59 Å². The fraction of sp³-hybridized carbons (Fsp3) is 0.667. The lowest BCUT2D eigenvalue weighted by Crippen LogP contribution is -2.50. The fourth-order valence-electron chi connectivity index (χ4n) is 3.20. The molecule has 22 heavy (non-hydrogen) atoms. The highest BCUT2D eigenvalue weighted by Crippen LogP contribution is 2.40. The summed E-state index contributed by atoms with van der Waals surface area (Å²) in [5.74, 6) is 0.984. The molecule has 7 nitrogen and oxygen atoms in total. The standard InChI is InChI=1S/C15H19N3O4/c19-14-10-3-5-18(8-13(10)21-6-4-16-14)15(20)11-7-12(22-17-11)9-1-2-9/h7,9-10,13H,1-6,8H2,(H,16,19)/t10-,13+/m1/s1. The third-order valence-corrected chi connectivity index (χ3v) is 4.64. The van der Waals surface area contributed by atoms with Gasteiger partial charge in [0.05, 0.1) is 18.6 Å². The molecular weight excluding hydrogens is 286 g/mol. The summed E-state index contributed by atoms with van der Waals surface area (Å²) >= 11 is 0. The molecule has 4 rings (SSSR count). The number of hydrogen-bond acceptors (Lipinski definition) is 5. The molecule has 3 aliphatic rings. The van der Waals surface area contributed by atoms with Gasteiger partial charge in [-0.15, -0.1) is 0 Å². The van der Waals surface area contributed by atoms with Gasteiger partial charge in [0.2, 0.25) is 5.91 Å². The second kappa shape index (κ2) is 5.39. The molecule has 7 heteroatoms. The topological polar surface area (TPSA) is 84.7 Å². The van der Waals surface area contributed by atoms with Gasteiger partial charge in [0.15, 0.2) is 5.69 Å². The van der Waals surface area contributed by atoms with Crippen molar-refractivity contribution in [2.24, 2.45) is 5.92 Å². The van der Waals surface area contributed by atoms with Gasteiger partial charge in [-0.05, 0) is 19.3 Å². The van der Waals surface area contributed by atoms with E-state index in [-0.39, 0.29) is 23.8 Å². The van der Waals surface area contributed by atoms with E-state index in [9.17, 15) is 9.59 Å². The smallest absolute Gasteiger partial charge is 0.276 e. The van der Waals surface area contributed by atoms with Gasteiger partial charge in [0.25, 0.3) is 5.91 Å². The van der Waals surface area contributed by atoms with Crippen molar-refractivity contribution >= 4 is 11.8 Å². The average molecular weight is 305 g/mol. The van der Waals surface area contributed by atoms with Gasteiger partial charge in [-0.2, -0.15) is 0 Å². The highest BCUT2D eigenvalue weighted by atomic mass is 16.5. The first-order valence-corrected chi connectivity index (χ1v) is 7.87. The van der Waals surface area contributed by atoms with Crippen LogP contribution in [0, 0.1) is 5.92 Å². The maximum absolute atomic E-state index is 12.5. The van der Waals surface area contributed by atoms with Crippen molar-refractivity contribution in [3.63, 3.8) is 0 Å². The summed E-state index contributed by atoms with van der Waals surface area (Å²) in [6, 6.07) is 1.76. The number of carbonyl (C=O) groups excluding carboxylic acids is 2. The molecule has 0 radical (unpaired) electrons. The van der Waals surface area contributed by atoms with Crippen molar-refractivity contribution < 1.29 is 18.8 Å². The molecule has 1 saturated carbocycles. The summed E-state index contributed by atoms with van der Waals surface area (Å²) in [5, 5.41) is 6.75. The summed E-state index contributed by atoms with van der Waals surface area (Å²) in [4.78, 5) is 26.2. The van der Waals surface area contributed by atoms with E-state index in [1.807, 2.05) is 0 Å². The van der Waals surface area contributed by atoms with E-state index in [0.29, 0.717) is 44.3 Å². The molecule has 118 valence electrons. The summed E-state index contributed by atoms with van der Waals surface area (Å²) < 4.78 is 11.0. The molecular formula is C15H19N3O4. The second-order valence-corrected chi connectivity index (χ2v) is 6.24. The number of hydrogen-bond donors (Lipinski definition) is 1. The van der Waals surface area contributed by atoms with Crippen LogP contribution in [0.5, 0.6) is 0 Å². The van der Waals surface area contributed by atoms with Crippen molar-refractivity contribution in [2.75, 3.05) is 26.2 Å². The number of likely N-dealkylation sites (tertiary alicyclic amines) is 1. The van der Waals surface area contributed by atoms with E-state index in [0.717, 1.165) is 18.6 Å². The van der Waals surface area contributed by atoms with E-state index in [1.165, 1.54) is 0 Å². The number of nitrogens with one attached hydrogen (secondary N) is 1. The summed E-state index contributed by atoms with van der Waals surface area (Å²) in [6.07, 6.45) is 2.61. The van der Waals surface area contributed by atoms with Crippen LogP contribution in [0.2, 0.25) is 0 Å². The number of piperidine rings is 1. The minimum Gasteiger partial charge on any atom is -0.374 e. The number of nitrogens with zero attached hydrogens (tertiary/aromatic N) is 2. The van der Waals surface area contributed by atoms with Crippen LogP contribution in [-0.4, -0.2) is 54.2 Å². The Hall–Kier alpha value is -1.89. The molecule has 2 saturated heterocycles. The SMILES string of the molecule is O=C1NCCO[C@H]2CN(C(=O)c3cc(C4CC4)on3)CC[C@@H]12. The Morgan fingerprint density at radius 3 is 3.05 bits per heavy atom. The van der Waals surface area contributed by atoms with E-state index in [2.05, 4.69) is 10.5 Å². The maximum atomic E-state index is 12.5. The molecule has 1 aliphatic carbocycles. The van der Waals surface area contributed by atoms with E-state index in [4.69, 9.17) is 9.26 Å². The van der Waals surface area contributed by atoms with Crippen molar-refractivity contribution in [3.8, 4) is 0 Å². The molecule has 1 aromatic rings. The Kier molecular flexibility index (Phi) is 3.37. The molecule has 2 atom stereocenters. The van der Waals surface area contributed by atoms with E-state index < -0.39 is 0 Å². The lowest BCUT2D eigenvalue weighted by molar-refractivity contribution is -0.129. The van der Waals surface area contributed by atoms with Gasteiger partial charge < -0.3 is 19.5 Å². The van der Waals surface area contributed by atoms with Crippen LogP contribution in [0.15, 0.2) is 10.6 Å². The highest BCUT2D eigenvalue weighted by Gasteiger charge is 2.38. The second-order valence-electron chi connectivity index (χ2n) is 6.24. The van der Waals surface area contributed by atoms with Crippen LogP contribution >= 0.6 is 0 Å². The predicted molar refractivity (Wildman–Crippen MR) is 75.2 cm³/mol. The summed E-state index contributed by atoms with van der Waals surface area (Å²) in [7, 11) is 0. The minimum atomic E-state index is -0.227. The van der Waals surface area contributed by atoms with Crippen LogP contribution in [0.25, 0.3) is 0 Å². The molecule has 0 unspecified atom stereocenters. The molecule has 3 fully saturated rings. The Bertz CT molecular complexity index is 595. The lowest BCUT2D eigenvalue weighted by atomic mass is 9.93. The van der Waals surface area contributed by atoms with Gasteiger partial charge in [-0.1, -0.05) is 5.16 Å². The number of ether oxygens (including phenoxy) is 1. The minimum absolute atomic E-state index is 0.0343. The van der Waals surface area contributed by atoms with Crippen molar-refractivity contribution in [1.82, 2.24) is 15.4 Å². The molecule has 2 amide bonds. The number of amides is 2. The van der Waals surface area contributed by atoms with Gasteiger partial charge in [0.1, 0.15) is 5.76 Å². The van der Waals surface area contributed by atoms with Crippen molar-refractivity contribution in [3.05, 3.63) is 17.5 Å². The highest BCUT2D eigenvalue weighted by molar-refractivity contribution is 5.92. The zero-order valence-corrected chi connectivity index (χ0v) is 12.3. The zero-order valence-electron chi connectivity index (χ0n) is 12.3. The average Bonchev–Trinajstić information content (AvgIpc) is 3.30.